The Labute approximate surface area is 275 Å². The number of carbonyl (C=O) groups excluding carboxylic acids is 3. The van der Waals surface area contributed by atoms with Gasteiger partial charge in [0, 0.05) is 36.5 Å². The van der Waals surface area contributed by atoms with Crippen LogP contribution in [0.3, 0.4) is 0 Å². The molecule has 1 saturated heterocycles. The standard InChI is InChI=1S/C35H52O12/c1-16-17-8-9-22-32(4)13-20(38)29(35(7,45)23(39)10-11-31(2,3)44)33(32,5)14-24(40)34(22,6)18(17)12-19(37)28(16)47-30-27(43)26(42)25(41)21(15-36)46-30/h8,18,20-22,25-27,29-30,36,38,41-45H,9-15H2,1-7H3/t18-,20+,21+,22-,25+,26-,27+,29-,30-,32-,33+,34-,35-/m0/s1. The summed E-state index contributed by atoms with van der Waals surface area (Å²) in [5, 5.41) is 74.0. The quantitative estimate of drug-likeness (QED) is 0.193. The van der Waals surface area contributed by atoms with Gasteiger partial charge in [-0.3, -0.25) is 14.4 Å². The first-order valence-corrected chi connectivity index (χ1v) is 16.7. The summed E-state index contributed by atoms with van der Waals surface area (Å²) in [6, 6.07) is 0. The van der Waals surface area contributed by atoms with E-state index < -0.39 is 94.3 Å². The van der Waals surface area contributed by atoms with E-state index in [1.54, 1.807) is 20.8 Å². The summed E-state index contributed by atoms with van der Waals surface area (Å²) in [5.74, 6) is -2.90. The third kappa shape index (κ3) is 5.38. The van der Waals surface area contributed by atoms with Crippen molar-refractivity contribution in [1.29, 1.82) is 0 Å². The number of hydrogen-bond donors (Lipinski definition) is 7. The van der Waals surface area contributed by atoms with Gasteiger partial charge in [0.2, 0.25) is 6.29 Å². The molecular formula is C35H52O12. The number of Topliss-reactive ketones (excluding diaryl/α,β-unsaturated/α-hetero) is 3. The van der Waals surface area contributed by atoms with Crippen LogP contribution >= 0.6 is 0 Å². The van der Waals surface area contributed by atoms with Gasteiger partial charge in [-0.25, -0.2) is 0 Å². The minimum atomic E-state index is -1.95. The van der Waals surface area contributed by atoms with Crippen LogP contribution in [-0.2, 0) is 23.9 Å². The molecule has 0 aromatic rings. The third-order valence-corrected chi connectivity index (χ3v) is 12.9. The molecule has 47 heavy (non-hydrogen) atoms. The second-order valence-electron chi connectivity index (χ2n) is 16.2. The van der Waals surface area contributed by atoms with Gasteiger partial charge in [-0.05, 0) is 74.9 Å². The molecule has 0 unspecified atom stereocenters. The molecule has 5 rings (SSSR count). The lowest BCUT2D eigenvalue weighted by molar-refractivity contribution is -0.291. The minimum Gasteiger partial charge on any atom is -0.458 e. The maximum atomic E-state index is 14.5. The lowest BCUT2D eigenvalue weighted by atomic mass is 9.39. The summed E-state index contributed by atoms with van der Waals surface area (Å²) < 4.78 is 11.3. The molecule has 1 aliphatic heterocycles. The average Bonchev–Trinajstić information content (AvgIpc) is 3.18. The van der Waals surface area contributed by atoms with Crippen LogP contribution in [0.4, 0.5) is 0 Å². The molecule has 5 aliphatic rings. The Bertz CT molecular complexity index is 1370. The zero-order valence-electron chi connectivity index (χ0n) is 28.4. The summed E-state index contributed by atoms with van der Waals surface area (Å²) in [4.78, 5) is 41.7. The second kappa shape index (κ2) is 11.8. The van der Waals surface area contributed by atoms with Crippen molar-refractivity contribution in [2.75, 3.05) is 6.61 Å². The number of aliphatic hydroxyl groups is 7. The second-order valence-corrected chi connectivity index (χ2v) is 16.2. The molecule has 13 atom stereocenters. The summed E-state index contributed by atoms with van der Waals surface area (Å²) in [6.45, 7) is 11.4. The number of ether oxygens (including phenoxy) is 2. The van der Waals surface area contributed by atoms with Crippen molar-refractivity contribution in [3.63, 3.8) is 0 Å². The molecular weight excluding hydrogens is 612 g/mol. The van der Waals surface area contributed by atoms with Crippen LogP contribution in [0.25, 0.3) is 0 Å². The fourth-order valence-electron chi connectivity index (χ4n) is 10.1. The van der Waals surface area contributed by atoms with E-state index in [1.807, 2.05) is 26.8 Å². The van der Waals surface area contributed by atoms with Gasteiger partial charge < -0.3 is 45.2 Å². The third-order valence-electron chi connectivity index (χ3n) is 12.9. The van der Waals surface area contributed by atoms with E-state index in [-0.39, 0.29) is 49.6 Å². The van der Waals surface area contributed by atoms with Crippen LogP contribution in [0.5, 0.6) is 0 Å². The normalized spacial score (nSPS) is 45.1. The van der Waals surface area contributed by atoms with E-state index in [9.17, 15) is 50.1 Å². The molecule has 3 fully saturated rings. The number of allylic oxidation sites excluding steroid dienone is 4. The highest BCUT2D eigenvalue weighted by molar-refractivity contribution is 5.99. The summed E-state index contributed by atoms with van der Waals surface area (Å²) in [6.07, 6.45) is -6.16. The summed E-state index contributed by atoms with van der Waals surface area (Å²) in [7, 11) is 0. The van der Waals surface area contributed by atoms with Gasteiger partial charge in [0.15, 0.2) is 17.3 Å². The minimum absolute atomic E-state index is 0.0118. The maximum Gasteiger partial charge on any atom is 0.229 e. The van der Waals surface area contributed by atoms with Crippen molar-refractivity contribution >= 4 is 17.3 Å². The van der Waals surface area contributed by atoms with Gasteiger partial charge >= 0.3 is 0 Å². The number of ketones is 3. The van der Waals surface area contributed by atoms with Crippen LogP contribution in [0.15, 0.2) is 23.0 Å². The number of rotatable bonds is 8. The smallest absolute Gasteiger partial charge is 0.229 e. The van der Waals surface area contributed by atoms with Gasteiger partial charge in [-0.1, -0.05) is 26.8 Å². The molecule has 12 nitrogen and oxygen atoms in total. The maximum absolute atomic E-state index is 14.5. The molecule has 0 aromatic heterocycles. The predicted octanol–water partition coefficient (Wildman–Crippen LogP) is 0.856. The van der Waals surface area contributed by atoms with Gasteiger partial charge in [-0.2, -0.15) is 0 Å². The molecule has 0 spiro atoms. The zero-order valence-corrected chi connectivity index (χ0v) is 28.4. The summed E-state index contributed by atoms with van der Waals surface area (Å²) >= 11 is 0. The van der Waals surface area contributed by atoms with Crippen LogP contribution in [-0.4, -0.2) is 108 Å². The molecule has 1 heterocycles. The van der Waals surface area contributed by atoms with Crippen molar-refractivity contribution in [1.82, 2.24) is 0 Å². The Hall–Kier alpha value is -2.03. The number of fused-ring (bicyclic) bond motifs is 5. The highest BCUT2D eigenvalue weighted by atomic mass is 16.7. The van der Waals surface area contributed by atoms with Gasteiger partial charge in [-0.15, -0.1) is 0 Å². The first-order valence-electron chi connectivity index (χ1n) is 16.7. The topological polar surface area (TPSA) is 211 Å². The lowest BCUT2D eigenvalue weighted by Gasteiger charge is -2.63. The Kier molecular flexibility index (Phi) is 9.10. The van der Waals surface area contributed by atoms with Crippen molar-refractivity contribution in [2.24, 2.45) is 34.0 Å². The largest absolute Gasteiger partial charge is 0.458 e. The monoisotopic (exact) mass is 664 g/mol. The molecule has 0 aromatic carbocycles. The zero-order chi connectivity index (χ0) is 35.2. The van der Waals surface area contributed by atoms with E-state index >= 15 is 0 Å². The van der Waals surface area contributed by atoms with Crippen LogP contribution in [0, 0.1) is 34.0 Å². The predicted molar refractivity (Wildman–Crippen MR) is 166 cm³/mol. The molecule has 2 saturated carbocycles. The first kappa shape index (κ1) is 36.3. The SMILES string of the molecule is CC1=C(O[C@@H]2O[C@H](CO)[C@@H](O)[C@H](O)[C@H]2O)C(=O)C[C@H]2C1=CC[C@@H]1[C@@]2(C)C(=O)C[C@]2(C)[C@@H]([C@@](C)(O)C(=O)CCC(C)(C)O)[C@H](O)C[C@@]12C. The van der Waals surface area contributed by atoms with Crippen LogP contribution < -0.4 is 0 Å². The van der Waals surface area contributed by atoms with Crippen molar-refractivity contribution in [3.8, 4) is 0 Å². The van der Waals surface area contributed by atoms with Crippen molar-refractivity contribution < 1.29 is 59.6 Å². The van der Waals surface area contributed by atoms with E-state index in [4.69, 9.17) is 9.47 Å². The highest BCUT2D eigenvalue weighted by Gasteiger charge is 2.74. The van der Waals surface area contributed by atoms with Crippen molar-refractivity contribution in [2.45, 2.75) is 135 Å². The molecule has 12 heteroatoms. The molecule has 4 aliphatic carbocycles. The molecule has 0 bridgehead atoms. The fraction of sp³-hybridized carbons (Fsp3) is 0.800. The van der Waals surface area contributed by atoms with Crippen LogP contribution in [0.1, 0.15) is 87.0 Å². The van der Waals surface area contributed by atoms with E-state index in [0.717, 1.165) is 5.57 Å². The van der Waals surface area contributed by atoms with E-state index in [2.05, 4.69) is 0 Å². The highest BCUT2D eigenvalue weighted by Crippen LogP contribution is 2.73. The van der Waals surface area contributed by atoms with Gasteiger partial charge in [0.1, 0.15) is 35.8 Å². The lowest BCUT2D eigenvalue weighted by Crippen LogP contribution is -2.64. The Morgan fingerprint density at radius 1 is 1.02 bits per heavy atom. The average molecular weight is 665 g/mol. The first-order chi connectivity index (χ1) is 21.6. The van der Waals surface area contributed by atoms with E-state index in [0.29, 0.717) is 12.0 Å². The summed E-state index contributed by atoms with van der Waals surface area (Å²) in [5.41, 5.74) is -4.53. The number of aliphatic hydroxyl groups excluding tert-OH is 5. The molecule has 264 valence electrons. The molecule has 7 N–H and O–H groups in total. The Morgan fingerprint density at radius 3 is 2.26 bits per heavy atom. The van der Waals surface area contributed by atoms with Gasteiger partial charge in [0.25, 0.3) is 0 Å². The number of hydrogen-bond acceptors (Lipinski definition) is 12. The van der Waals surface area contributed by atoms with Crippen molar-refractivity contribution in [3.05, 3.63) is 23.0 Å². The van der Waals surface area contributed by atoms with E-state index in [1.165, 1.54) is 6.92 Å². The Balaban J connectivity index is 1.48. The number of carbonyl (C=O) groups is 3. The fourth-order valence-corrected chi connectivity index (χ4v) is 10.1. The van der Waals surface area contributed by atoms with Crippen LogP contribution in [0.2, 0.25) is 0 Å². The molecule has 0 radical (unpaired) electrons. The molecule has 0 amide bonds. The van der Waals surface area contributed by atoms with Gasteiger partial charge in [0.05, 0.1) is 18.3 Å². The Morgan fingerprint density at radius 2 is 1.66 bits per heavy atom.